The Morgan fingerprint density at radius 2 is 2.00 bits per heavy atom. The van der Waals surface area contributed by atoms with E-state index in [0.717, 1.165) is 4.47 Å². The van der Waals surface area contributed by atoms with Crippen LogP contribution >= 0.6 is 27.5 Å². The highest BCUT2D eigenvalue weighted by molar-refractivity contribution is 9.10. The van der Waals surface area contributed by atoms with Crippen molar-refractivity contribution in [2.45, 2.75) is 6.92 Å². The summed E-state index contributed by atoms with van der Waals surface area (Å²) in [6.07, 6.45) is 0. The molecule has 1 fully saturated rings. The van der Waals surface area contributed by atoms with E-state index in [9.17, 15) is 4.79 Å². The van der Waals surface area contributed by atoms with Gasteiger partial charge in [0.2, 0.25) is 5.89 Å². The van der Waals surface area contributed by atoms with Crippen LogP contribution in [0.3, 0.4) is 0 Å². The fourth-order valence-corrected chi connectivity index (χ4v) is 2.91. The summed E-state index contributed by atoms with van der Waals surface area (Å²) in [5.41, 5.74) is 0.512. The van der Waals surface area contributed by atoms with Gasteiger partial charge in [0.1, 0.15) is 0 Å². The molecule has 2 heterocycles. The van der Waals surface area contributed by atoms with Crippen molar-refractivity contribution < 1.29 is 9.21 Å². The molecule has 116 valence electrons. The van der Waals surface area contributed by atoms with Gasteiger partial charge in [-0.1, -0.05) is 32.6 Å². The predicted octanol–water partition coefficient (Wildman–Crippen LogP) is 2.76. The molecule has 6 nitrogen and oxygen atoms in total. The first-order valence-corrected chi connectivity index (χ1v) is 8.01. The van der Waals surface area contributed by atoms with Gasteiger partial charge in [-0.25, -0.2) is 0 Å². The Morgan fingerprint density at radius 1 is 1.27 bits per heavy atom. The van der Waals surface area contributed by atoms with Crippen LogP contribution in [0.4, 0.5) is 6.01 Å². The van der Waals surface area contributed by atoms with E-state index in [1.54, 1.807) is 24.0 Å². The first kappa shape index (κ1) is 15.3. The molecule has 0 unspecified atom stereocenters. The normalized spacial score (nSPS) is 15.2. The van der Waals surface area contributed by atoms with Gasteiger partial charge in [0.05, 0.1) is 10.6 Å². The van der Waals surface area contributed by atoms with Crippen molar-refractivity contribution in [1.82, 2.24) is 15.1 Å². The smallest absolute Gasteiger partial charge is 0.318 e. The lowest BCUT2D eigenvalue weighted by molar-refractivity contribution is 0.0745. The van der Waals surface area contributed by atoms with Crippen molar-refractivity contribution in [2.75, 3.05) is 31.1 Å². The van der Waals surface area contributed by atoms with Gasteiger partial charge in [-0.2, -0.15) is 0 Å². The molecule has 3 rings (SSSR count). The maximum atomic E-state index is 12.6. The van der Waals surface area contributed by atoms with Gasteiger partial charge in [0.15, 0.2) is 0 Å². The summed E-state index contributed by atoms with van der Waals surface area (Å²) < 4.78 is 6.24. The van der Waals surface area contributed by atoms with E-state index < -0.39 is 0 Å². The average molecular weight is 386 g/mol. The number of halogens is 2. The van der Waals surface area contributed by atoms with Crippen LogP contribution < -0.4 is 4.90 Å². The molecule has 0 saturated carbocycles. The summed E-state index contributed by atoms with van der Waals surface area (Å²) in [5.74, 6) is 0.474. The minimum Gasteiger partial charge on any atom is -0.408 e. The number of benzene rings is 1. The van der Waals surface area contributed by atoms with E-state index >= 15 is 0 Å². The quantitative estimate of drug-likeness (QED) is 0.795. The summed E-state index contributed by atoms with van der Waals surface area (Å²) in [6, 6.07) is 5.79. The number of aromatic nitrogens is 2. The lowest BCUT2D eigenvalue weighted by Crippen LogP contribution is -2.49. The molecule has 1 aromatic heterocycles. The fourth-order valence-electron chi connectivity index (χ4n) is 2.35. The van der Waals surface area contributed by atoms with E-state index in [4.69, 9.17) is 16.0 Å². The predicted molar refractivity (Wildman–Crippen MR) is 86.3 cm³/mol. The number of carbonyl (C=O) groups is 1. The Balaban J connectivity index is 1.68. The number of carbonyl (C=O) groups excluding carboxylic acids is 1. The highest BCUT2D eigenvalue weighted by atomic mass is 79.9. The molecule has 1 aliphatic rings. The first-order chi connectivity index (χ1) is 10.5. The van der Waals surface area contributed by atoms with Gasteiger partial charge < -0.3 is 14.2 Å². The first-order valence-electron chi connectivity index (χ1n) is 6.84. The van der Waals surface area contributed by atoms with Crippen molar-refractivity contribution in [3.05, 3.63) is 39.1 Å². The Hall–Kier alpha value is -1.60. The molecule has 0 radical (unpaired) electrons. The van der Waals surface area contributed by atoms with Crippen LogP contribution in [0.5, 0.6) is 0 Å². The maximum absolute atomic E-state index is 12.6. The van der Waals surface area contributed by atoms with Gasteiger partial charge in [-0.3, -0.25) is 4.79 Å². The highest BCUT2D eigenvalue weighted by Crippen LogP contribution is 2.23. The highest BCUT2D eigenvalue weighted by Gasteiger charge is 2.25. The van der Waals surface area contributed by atoms with Crippen molar-refractivity contribution in [3.8, 4) is 0 Å². The van der Waals surface area contributed by atoms with Crippen molar-refractivity contribution in [3.63, 3.8) is 0 Å². The third kappa shape index (κ3) is 3.10. The molecule has 0 spiro atoms. The SMILES string of the molecule is Cc1nnc(N2CCN(C(=O)c3cc(Br)ccc3Cl)CC2)o1. The van der Waals surface area contributed by atoms with Crippen LogP contribution in [-0.4, -0.2) is 47.2 Å². The molecule has 0 bridgehead atoms. The maximum Gasteiger partial charge on any atom is 0.318 e. The zero-order valence-electron chi connectivity index (χ0n) is 11.9. The number of amides is 1. The molecule has 1 amide bonds. The molecule has 8 heteroatoms. The topological polar surface area (TPSA) is 62.5 Å². The van der Waals surface area contributed by atoms with Gasteiger partial charge >= 0.3 is 6.01 Å². The molecule has 2 aromatic rings. The number of aryl methyl sites for hydroxylation is 1. The van der Waals surface area contributed by atoms with Crippen LogP contribution in [0.15, 0.2) is 27.1 Å². The minimum absolute atomic E-state index is 0.0624. The monoisotopic (exact) mass is 384 g/mol. The lowest BCUT2D eigenvalue weighted by atomic mass is 10.2. The van der Waals surface area contributed by atoms with Crippen LogP contribution in [-0.2, 0) is 0 Å². The second-order valence-corrected chi connectivity index (χ2v) is 6.33. The summed E-state index contributed by atoms with van der Waals surface area (Å²) >= 11 is 9.49. The van der Waals surface area contributed by atoms with Gasteiger partial charge in [-0.05, 0) is 18.2 Å². The van der Waals surface area contributed by atoms with Gasteiger partial charge in [0.25, 0.3) is 5.91 Å². The Morgan fingerprint density at radius 3 is 2.64 bits per heavy atom. The fraction of sp³-hybridized carbons (Fsp3) is 0.357. The largest absolute Gasteiger partial charge is 0.408 e. The second-order valence-electron chi connectivity index (χ2n) is 5.01. The van der Waals surface area contributed by atoms with E-state index in [1.807, 2.05) is 11.0 Å². The summed E-state index contributed by atoms with van der Waals surface area (Å²) in [6.45, 7) is 4.23. The Kier molecular flexibility index (Phi) is 4.35. The molecule has 0 N–H and O–H groups in total. The molecule has 1 aliphatic heterocycles. The second kappa shape index (κ2) is 6.26. The zero-order valence-corrected chi connectivity index (χ0v) is 14.3. The number of rotatable bonds is 2. The molecule has 0 aliphatic carbocycles. The van der Waals surface area contributed by atoms with E-state index in [-0.39, 0.29) is 5.91 Å². The van der Waals surface area contributed by atoms with Crippen molar-refractivity contribution >= 4 is 39.5 Å². The Bertz CT molecular complexity index is 698. The molecule has 22 heavy (non-hydrogen) atoms. The lowest BCUT2D eigenvalue weighted by Gasteiger charge is -2.33. The molecule has 1 aromatic carbocycles. The standard InChI is InChI=1S/C14H14BrClN4O2/c1-9-17-18-14(22-9)20-6-4-19(5-7-20)13(21)11-8-10(15)2-3-12(11)16/h2-3,8H,4-7H2,1H3. The minimum atomic E-state index is -0.0624. The van der Waals surface area contributed by atoms with Gasteiger partial charge in [-0.15, -0.1) is 5.10 Å². The number of anilines is 1. The number of hydrogen-bond donors (Lipinski definition) is 0. The molecule has 1 saturated heterocycles. The third-order valence-electron chi connectivity index (χ3n) is 3.51. The van der Waals surface area contributed by atoms with Crippen LogP contribution in [0.1, 0.15) is 16.2 Å². The molecule has 0 atom stereocenters. The van der Waals surface area contributed by atoms with Crippen molar-refractivity contribution in [1.29, 1.82) is 0 Å². The summed E-state index contributed by atoms with van der Waals surface area (Å²) in [7, 11) is 0. The van der Waals surface area contributed by atoms with E-state index in [0.29, 0.717) is 48.7 Å². The third-order valence-corrected chi connectivity index (χ3v) is 4.33. The van der Waals surface area contributed by atoms with Crippen LogP contribution in [0, 0.1) is 6.92 Å². The zero-order chi connectivity index (χ0) is 15.7. The van der Waals surface area contributed by atoms with Crippen LogP contribution in [0.25, 0.3) is 0 Å². The molecular weight excluding hydrogens is 372 g/mol. The van der Waals surface area contributed by atoms with Gasteiger partial charge in [0, 0.05) is 37.6 Å². The summed E-state index contributed by atoms with van der Waals surface area (Å²) in [4.78, 5) is 16.3. The average Bonchev–Trinajstić information content (AvgIpc) is 2.96. The van der Waals surface area contributed by atoms with E-state index in [1.165, 1.54) is 0 Å². The number of nitrogens with zero attached hydrogens (tertiary/aromatic N) is 4. The van der Waals surface area contributed by atoms with E-state index in [2.05, 4.69) is 26.1 Å². The number of hydrogen-bond acceptors (Lipinski definition) is 5. The number of piperazine rings is 1. The Labute approximate surface area is 141 Å². The molecular formula is C14H14BrClN4O2. The van der Waals surface area contributed by atoms with Crippen LogP contribution in [0.2, 0.25) is 5.02 Å². The van der Waals surface area contributed by atoms with Crippen molar-refractivity contribution in [2.24, 2.45) is 0 Å². The summed E-state index contributed by atoms with van der Waals surface area (Å²) in [5, 5.41) is 8.29.